The molecule has 0 aliphatic carbocycles. The first-order chi connectivity index (χ1) is 9.51. The van der Waals surface area contributed by atoms with E-state index in [1.807, 2.05) is 0 Å². The minimum absolute atomic E-state index is 0.102. The van der Waals surface area contributed by atoms with E-state index in [1.165, 1.54) is 19.2 Å². The van der Waals surface area contributed by atoms with Crippen molar-refractivity contribution in [3.8, 4) is 5.75 Å². The van der Waals surface area contributed by atoms with E-state index in [0.29, 0.717) is 26.4 Å². The van der Waals surface area contributed by atoms with Crippen LogP contribution in [0.25, 0.3) is 0 Å². The van der Waals surface area contributed by atoms with Gasteiger partial charge in [-0.1, -0.05) is 17.7 Å². The first-order valence-electron chi connectivity index (χ1n) is 5.82. The highest BCUT2D eigenvalue weighted by Crippen LogP contribution is 2.25. The van der Waals surface area contributed by atoms with Crippen molar-refractivity contribution in [1.82, 2.24) is 0 Å². The van der Waals surface area contributed by atoms with Crippen molar-refractivity contribution in [2.75, 3.05) is 7.11 Å². The van der Waals surface area contributed by atoms with Gasteiger partial charge in [0, 0.05) is 22.6 Å². The fourth-order valence-corrected chi connectivity index (χ4v) is 2.27. The summed E-state index contributed by atoms with van der Waals surface area (Å²) in [6.45, 7) is 0. The zero-order chi connectivity index (χ0) is 14.7. The average Bonchev–Trinajstić information content (AvgIpc) is 2.42. The molecule has 20 heavy (non-hydrogen) atoms. The molecule has 0 atom stereocenters. The molecule has 0 saturated carbocycles. The van der Waals surface area contributed by atoms with E-state index in [-0.39, 0.29) is 12.2 Å². The summed E-state index contributed by atoms with van der Waals surface area (Å²) in [4.78, 5) is 12.2. The number of benzene rings is 2. The predicted molar refractivity (Wildman–Crippen MR) is 80.1 cm³/mol. The summed E-state index contributed by atoms with van der Waals surface area (Å²) >= 11 is 8.97. The Kier molecular flexibility index (Phi) is 4.78. The third-order valence-electron chi connectivity index (χ3n) is 2.84. The van der Waals surface area contributed by atoms with Crippen molar-refractivity contribution in [3.05, 3.63) is 62.8 Å². The van der Waals surface area contributed by atoms with Gasteiger partial charge in [-0.2, -0.15) is 0 Å². The maximum Gasteiger partial charge on any atom is 0.167 e. The molecule has 0 unspecified atom stereocenters. The lowest BCUT2D eigenvalue weighted by Crippen LogP contribution is -2.05. The molecule has 0 fully saturated rings. The first-order valence-corrected chi connectivity index (χ1v) is 6.99. The Morgan fingerprint density at radius 2 is 2.05 bits per heavy atom. The number of carbonyl (C=O) groups is 1. The second-order valence-corrected chi connectivity index (χ2v) is 5.48. The zero-order valence-electron chi connectivity index (χ0n) is 10.6. The van der Waals surface area contributed by atoms with Crippen LogP contribution in [0.2, 0.25) is 5.02 Å². The lowest BCUT2D eigenvalue weighted by atomic mass is 10.0. The minimum atomic E-state index is -0.464. The Balaban J connectivity index is 2.27. The zero-order valence-corrected chi connectivity index (χ0v) is 13.0. The summed E-state index contributed by atoms with van der Waals surface area (Å²) in [5.41, 5.74) is 0.987. The number of carbonyl (C=O) groups excluding carboxylic acids is 1. The van der Waals surface area contributed by atoms with Gasteiger partial charge in [0.15, 0.2) is 5.78 Å². The molecule has 0 spiro atoms. The Morgan fingerprint density at radius 3 is 2.70 bits per heavy atom. The van der Waals surface area contributed by atoms with Gasteiger partial charge < -0.3 is 4.74 Å². The molecular weight excluding hydrogens is 347 g/mol. The van der Waals surface area contributed by atoms with Gasteiger partial charge in [0.05, 0.1) is 11.6 Å². The SMILES string of the molecule is COc1ccc(Cl)cc1CC(=O)c1ccc(Br)c(F)c1. The smallest absolute Gasteiger partial charge is 0.167 e. The normalized spacial score (nSPS) is 10.4. The lowest BCUT2D eigenvalue weighted by molar-refractivity contribution is 0.0991. The van der Waals surface area contributed by atoms with Crippen molar-refractivity contribution in [2.45, 2.75) is 6.42 Å². The van der Waals surface area contributed by atoms with Crippen molar-refractivity contribution in [3.63, 3.8) is 0 Å². The molecule has 2 aromatic rings. The van der Waals surface area contributed by atoms with Crippen molar-refractivity contribution < 1.29 is 13.9 Å². The fraction of sp³-hybridized carbons (Fsp3) is 0.133. The molecule has 0 aromatic heterocycles. The highest BCUT2D eigenvalue weighted by molar-refractivity contribution is 9.10. The maximum absolute atomic E-state index is 13.4. The molecule has 2 nitrogen and oxygen atoms in total. The molecular formula is C15H11BrClFO2. The number of ether oxygens (including phenoxy) is 1. The number of rotatable bonds is 4. The summed E-state index contributed by atoms with van der Waals surface area (Å²) in [7, 11) is 1.52. The van der Waals surface area contributed by atoms with Gasteiger partial charge in [0.25, 0.3) is 0 Å². The standard InChI is InChI=1S/C15H11BrClFO2/c1-20-15-5-3-11(17)6-10(15)8-14(19)9-2-4-12(16)13(18)7-9/h2-7H,8H2,1H3. The van der Waals surface area contributed by atoms with Crippen LogP contribution in [0.5, 0.6) is 5.75 Å². The van der Waals surface area contributed by atoms with Crippen LogP contribution in [0.3, 0.4) is 0 Å². The summed E-state index contributed by atoms with van der Waals surface area (Å²) in [5, 5.41) is 0.524. The number of Topliss-reactive ketones (excluding diaryl/α,β-unsaturated/α-hetero) is 1. The van der Waals surface area contributed by atoms with Crippen LogP contribution in [-0.4, -0.2) is 12.9 Å². The van der Waals surface area contributed by atoms with E-state index < -0.39 is 5.82 Å². The molecule has 0 saturated heterocycles. The molecule has 0 bridgehead atoms. The number of hydrogen-bond donors (Lipinski definition) is 0. The fourth-order valence-electron chi connectivity index (χ4n) is 1.83. The summed E-state index contributed by atoms with van der Waals surface area (Å²) < 4.78 is 19.0. The van der Waals surface area contributed by atoms with Crippen LogP contribution in [0.1, 0.15) is 15.9 Å². The molecule has 0 N–H and O–H groups in total. The van der Waals surface area contributed by atoms with Gasteiger partial charge >= 0.3 is 0 Å². The predicted octanol–water partition coefficient (Wildman–Crippen LogP) is 4.68. The van der Waals surface area contributed by atoms with E-state index >= 15 is 0 Å². The maximum atomic E-state index is 13.4. The van der Waals surface area contributed by atoms with Gasteiger partial charge in [-0.3, -0.25) is 4.79 Å². The van der Waals surface area contributed by atoms with E-state index in [2.05, 4.69) is 15.9 Å². The van der Waals surface area contributed by atoms with E-state index in [9.17, 15) is 9.18 Å². The van der Waals surface area contributed by atoms with Crippen molar-refractivity contribution >= 4 is 33.3 Å². The highest BCUT2D eigenvalue weighted by Gasteiger charge is 2.13. The van der Waals surface area contributed by atoms with E-state index in [0.717, 1.165) is 0 Å². The van der Waals surface area contributed by atoms with E-state index in [1.54, 1.807) is 24.3 Å². The quantitative estimate of drug-likeness (QED) is 0.743. The van der Waals surface area contributed by atoms with Gasteiger partial charge in [0.1, 0.15) is 11.6 Å². The third-order valence-corrected chi connectivity index (χ3v) is 3.71. The van der Waals surface area contributed by atoms with Crippen molar-refractivity contribution in [1.29, 1.82) is 0 Å². The van der Waals surface area contributed by atoms with Gasteiger partial charge in [0.2, 0.25) is 0 Å². The summed E-state index contributed by atoms with van der Waals surface area (Å²) in [6, 6.07) is 9.36. The van der Waals surface area contributed by atoms with Crippen LogP contribution < -0.4 is 4.74 Å². The molecule has 2 rings (SSSR count). The third kappa shape index (κ3) is 3.38. The van der Waals surface area contributed by atoms with Crippen molar-refractivity contribution in [2.24, 2.45) is 0 Å². The van der Waals surface area contributed by atoms with Crippen LogP contribution in [0.4, 0.5) is 4.39 Å². The minimum Gasteiger partial charge on any atom is -0.496 e. The molecule has 5 heteroatoms. The van der Waals surface area contributed by atoms with Gasteiger partial charge in [-0.15, -0.1) is 0 Å². The Bertz CT molecular complexity index is 658. The summed E-state index contributed by atoms with van der Waals surface area (Å²) in [6.07, 6.45) is 0.102. The number of hydrogen-bond acceptors (Lipinski definition) is 2. The number of methoxy groups -OCH3 is 1. The average molecular weight is 358 g/mol. The molecule has 0 aliphatic rings. The second kappa shape index (κ2) is 6.37. The Hall–Kier alpha value is -1.39. The lowest BCUT2D eigenvalue weighted by Gasteiger charge is -2.08. The Morgan fingerprint density at radius 1 is 1.30 bits per heavy atom. The topological polar surface area (TPSA) is 26.3 Å². The summed E-state index contributed by atoms with van der Waals surface area (Å²) in [5.74, 6) is -0.0776. The van der Waals surface area contributed by atoms with Crippen LogP contribution in [0.15, 0.2) is 40.9 Å². The molecule has 2 aromatic carbocycles. The van der Waals surface area contributed by atoms with E-state index in [4.69, 9.17) is 16.3 Å². The second-order valence-electron chi connectivity index (χ2n) is 4.19. The molecule has 0 heterocycles. The molecule has 104 valence electrons. The van der Waals surface area contributed by atoms with Crippen LogP contribution in [-0.2, 0) is 6.42 Å². The van der Waals surface area contributed by atoms with Gasteiger partial charge in [-0.05, 0) is 46.3 Å². The Labute approximate surface area is 129 Å². The number of halogens is 3. The molecule has 0 aliphatic heterocycles. The van der Waals surface area contributed by atoms with Crippen LogP contribution in [0, 0.1) is 5.82 Å². The molecule has 0 radical (unpaired) electrons. The molecule has 0 amide bonds. The van der Waals surface area contributed by atoms with Crippen LogP contribution >= 0.6 is 27.5 Å². The highest BCUT2D eigenvalue weighted by atomic mass is 79.9. The first kappa shape index (κ1) is 15.0. The largest absolute Gasteiger partial charge is 0.496 e. The van der Waals surface area contributed by atoms with Gasteiger partial charge in [-0.25, -0.2) is 4.39 Å². The monoisotopic (exact) mass is 356 g/mol. The number of ketones is 1.